The van der Waals surface area contributed by atoms with Gasteiger partial charge in [-0.25, -0.2) is 44.8 Å². The van der Waals surface area contributed by atoms with Crippen molar-refractivity contribution in [1.82, 2.24) is 0 Å². The third kappa shape index (κ3) is 3.77. The fraction of sp³-hybridized carbons (Fsp3) is 0. The number of halogens is 8. The third-order valence-corrected chi connectivity index (χ3v) is 4.88. The first-order valence-corrected chi connectivity index (χ1v) is 9.17. The van der Waals surface area contributed by atoms with Crippen LogP contribution in [0.25, 0.3) is 21.0 Å². The lowest BCUT2D eigenvalue weighted by Crippen LogP contribution is -2.16. The molecule has 0 amide bonds. The average Bonchev–Trinajstić information content (AvgIpc) is 2.88. The third-order valence-electron chi connectivity index (χ3n) is 4.88. The zero-order valence-corrected chi connectivity index (χ0v) is 17.1. The first-order valence-electron chi connectivity index (χ1n) is 9.17. The summed E-state index contributed by atoms with van der Waals surface area (Å²) in [6, 6.07) is 5.82. The van der Waals surface area contributed by atoms with Crippen molar-refractivity contribution >= 4 is 17.0 Å². The van der Waals surface area contributed by atoms with Gasteiger partial charge in [0.2, 0.25) is 5.70 Å². The number of hydrogen-bond acceptors (Lipinski definition) is 2. The normalized spacial score (nSPS) is 10.1. The Kier molecular flexibility index (Phi) is 6.76. The average molecular weight is 500 g/mol. The van der Waals surface area contributed by atoms with E-state index in [2.05, 4.69) is 9.69 Å². The van der Waals surface area contributed by atoms with Crippen LogP contribution in [-0.4, -0.2) is 0 Å². The van der Waals surface area contributed by atoms with E-state index in [9.17, 15) is 40.4 Å². The minimum absolute atomic E-state index is 0.379. The van der Waals surface area contributed by atoms with E-state index in [0.717, 1.165) is 30.3 Å². The van der Waals surface area contributed by atoms with Gasteiger partial charge in [-0.2, -0.15) is 10.5 Å². The van der Waals surface area contributed by atoms with Crippen LogP contribution in [0.1, 0.15) is 16.7 Å². The molecule has 0 aliphatic rings. The van der Waals surface area contributed by atoms with Gasteiger partial charge in [0.15, 0.2) is 46.5 Å². The highest BCUT2D eigenvalue weighted by molar-refractivity contribution is 5.79. The van der Waals surface area contributed by atoms with Crippen LogP contribution in [-0.2, 0) is 0 Å². The van der Waals surface area contributed by atoms with Crippen LogP contribution in [0.15, 0.2) is 24.3 Å². The SMILES string of the molecule is [C-]#[N+]C(c1c(F)c(F)c(C#N)c(F)c1F)=c1ccc(=C(C#N)c2c(F)c(F)c([N+]#[C-])c(F)c2F)cc1. The van der Waals surface area contributed by atoms with Crippen LogP contribution in [0.2, 0.25) is 0 Å². The van der Waals surface area contributed by atoms with E-state index < -0.39 is 80.2 Å². The van der Waals surface area contributed by atoms with Gasteiger partial charge in [-0.3, -0.25) is 0 Å². The molecule has 36 heavy (non-hydrogen) atoms. The van der Waals surface area contributed by atoms with Gasteiger partial charge in [0.25, 0.3) is 5.69 Å². The summed E-state index contributed by atoms with van der Waals surface area (Å²) in [5, 5.41) is 17.3. The Morgan fingerprint density at radius 1 is 0.639 bits per heavy atom. The highest BCUT2D eigenvalue weighted by Gasteiger charge is 2.29. The van der Waals surface area contributed by atoms with E-state index in [4.69, 9.17) is 18.4 Å². The first kappa shape index (κ1) is 25.4. The second kappa shape index (κ2) is 9.58. The molecule has 0 atom stereocenters. The topological polar surface area (TPSA) is 56.3 Å². The lowest BCUT2D eigenvalue weighted by molar-refractivity contribution is 0.446. The molecule has 0 aliphatic heterocycles. The molecule has 0 spiro atoms. The molecule has 0 N–H and O–H groups in total. The summed E-state index contributed by atoms with van der Waals surface area (Å²) in [5.41, 5.74) is -7.89. The molecule has 0 bridgehead atoms. The van der Waals surface area contributed by atoms with Crippen LogP contribution >= 0.6 is 0 Å². The van der Waals surface area contributed by atoms with Gasteiger partial charge < -0.3 is 0 Å². The van der Waals surface area contributed by atoms with Crippen LogP contribution in [0.3, 0.4) is 0 Å². The van der Waals surface area contributed by atoms with E-state index in [1.165, 1.54) is 6.07 Å². The Balaban J connectivity index is 2.39. The molecule has 3 aromatic carbocycles. The monoisotopic (exact) mass is 500 g/mol. The van der Waals surface area contributed by atoms with E-state index in [0.29, 0.717) is 0 Å². The highest BCUT2D eigenvalue weighted by Crippen LogP contribution is 2.33. The van der Waals surface area contributed by atoms with Gasteiger partial charge in [0.05, 0.1) is 29.8 Å². The van der Waals surface area contributed by atoms with Crippen molar-refractivity contribution in [2.45, 2.75) is 0 Å². The molecule has 176 valence electrons. The van der Waals surface area contributed by atoms with Crippen molar-refractivity contribution < 1.29 is 35.1 Å². The Morgan fingerprint density at radius 3 is 1.47 bits per heavy atom. The second-order valence-electron chi connectivity index (χ2n) is 6.73. The number of hydrogen-bond donors (Lipinski definition) is 0. The summed E-state index contributed by atoms with van der Waals surface area (Å²) in [7, 11) is 0. The van der Waals surface area contributed by atoms with Crippen LogP contribution in [0, 0.1) is 82.3 Å². The van der Waals surface area contributed by atoms with Crippen molar-refractivity contribution in [2.75, 3.05) is 0 Å². The zero-order valence-electron chi connectivity index (χ0n) is 17.1. The van der Waals surface area contributed by atoms with Crippen molar-refractivity contribution in [3.8, 4) is 12.1 Å². The molecule has 0 saturated heterocycles. The molecule has 0 unspecified atom stereocenters. The van der Waals surface area contributed by atoms with Gasteiger partial charge in [-0.15, -0.1) is 0 Å². The summed E-state index contributed by atoms with van der Waals surface area (Å²) in [5.74, 6) is -16.3. The van der Waals surface area contributed by atoms with Crippen LogP contribution < -0.4 is 10.4 Å². The predicted octanol–water partition coefficient (Wildman–Crippen LogP) is 5.02. The van der Waals surface area contributed by atoms with E-state index in [-0.39, 0.29) is 10.4 Å². The summed E-state index contributed by atoms with van der Waals surface area (Å²) >= 11 is 0. The predicted molar refractivity (Wildman–Crippen MR) is 106 cm³/mol. The quantitative estimate of drug-likeness (QED) is 0.282. The number of nitriles is 2. The van der Waals surface area contributed by atoms with Crippen LogP contribution in [0.4, 0.5) is 40.8 Å². The molecule has 3 rings (SSSR count). The van der Waals surface area contributed by atoms with E-state index in [1.807, 2.05) is 0 Å². The number of rotatable bonds is 2. The zero-order chi connectivity index (χ0) is 26.9. The maximum atomic E-state index is 14.4. The second-order valence-corrected chi connectivity index (χ2v) is 6.73. The van der Waals surface area contributed by atoms with Crippen molar-refractivity contribution in [1.29, 1.82) is 10.5 Å². The summed E-state index contributed by atoms with van der Waals surface area (Å²) in [6.07, 6.45) is 0. The van der Waals surface area contributed by atoms with Gasteiger partial charge in [-0.1, -0.05) is 24.3 Å². The highest BCUT2D eigenvalue weighted by atomic mass is 19.2. The van der Waals surface area contributed by atoms with Crippen molar-refractivity contribution in [3.63, 3.8) is 0 Å². The maximum absolute atomic E-state index is 14.4. The smallest absolute Gasteiger partial charge is 0.237 e. The maximum Gasteiger partial charge on any atom is 0.262 e. The Bertz CT molecular complexity index is 1550. The molecule has 0 saturated carbocycles. The van der Waals surface area contributed by atoms with Gasteiger partial charge in [0.1, 0.15) is 17.7 Å². The standard InChI is InChI=1S/C24H4F8N4/c1-35-23(14-19(29)15(25)12(8-34)16(26)20(14)30)10-5-3-9(4-6-10)11(7-33)13-17(27)21(31)24(36-2)22(32)18(13)28/h3-6H. The molecule has 0 radical (unpaired) electrons. The fourth-order valence-electron chi connectivity index (χ4n) is 3.20. The van der Waals surface area contributed by atoms with Gasteiger partial charge in [-0.05, 0) is 10.4 Å². The van der Waals surface area contributed by atoms with Crippen molar-refractivity contribution in [2.24, 2.45) is 0 Å². The Hall–Kier alpha value is -5.20. The Labute approximate surface area is 196 Å². The molecule has 0 aliphatic carbocycles. The van der Waals surface area contributed by atoms with E-state index in [1.54, 1.807) is 0 Å². The lowest BCUT2D eigenvalue weighted by atomic mass is 10.00. The summed E-state index contributed by atoms with van der Waals surface area (Å²) < 4.78 is 114. The molecular weight excluding hydrogens is 496 g/mol. The summed E-state index contributed by atoms with van der Waals surface area (Å²) in [4.78, 5) is 5.22. The molecular formula is C24H4F8N4. The molecule has 4 nitrogen and oxygen atoms in total. The first-order chi connectivity index (χ1) is 17.0. The van der Waals surface area contributed by atoms with Gasteiger partial charge >= 0.3 is 0 Å². The minimum atomic E-state index is -2.04. The van der Waals surface area contributed by atoms with Gasteiger partial charge in [0, 0.05) is 0 Å². The molecule has 0 aromatic heterocycles. The largest absolute Gasteiger partial charge is 0.262 e. The van der Waals surface area contributed by atoms with Crippen LogP contribution in [0.5, 0.6) is 0 Å². The van der Waals surface area contributed by atoms with Crippen molar-refractivity contribution in [3.05, 3.63) is 121 Å². The Morgan fingerprint density at radius 2 is 1.08 bits per heavy atom. The molecule has 12 heteroatoms. The number of nitrogens with zero attached hydrogens (tertiary/aromatic N) is 4. The lowest BCUT2D eigenvalue weighted by Gasteiger charge is -2.09. The molecule has 3 aromatic rings. The number of benzene rings is 3. The summed E-state index contributed by atoms with van der Waals surface area (Å²) in [6.45, 7) is 13.8. The molecule has 0 fully saturated rings. The fourth-order valence-corrected chi connectivity index (χ4v) is 3.20. The minimum Gasteiger partial charge on any atom is -0.237 e. The van der Waals surface area contributed by atoms with E-state index >= 15 is 0 Å². The molecule has 0 heterocycles.